The molecule has 1 saturated heterocycles. The van der Waals surface area contributed by atoms with Gasteiger partial charge < -0.3 is 10.2 Å². The predicted molar refractivity (Wildman–Crippen MR) is 79.1 cm³/mol. The minimum atomic E-state index is -0.676. The van der Waals surface area contributed by atoms with Crippen LogP contribution in [0, 0.1) is 11.8 Å². The first-order valence-corrected chi connectivity index (χ1v) is 7.97. The molecule has 0 aromatic carbocycles. The third-order valence-electron chi connectivity index (χ3n) is 4.84. The summed E-state index contributed by atoms with van der Waals surface area (Å²) in [6, 6.07) is -0.195. The molecule has 20 heavy (non-hydrogen) atoms. The maximum Gasteiger partial charge on any atom is 0.249 e. The Morgan fingerprint density at radius 3 is 2.35 bits per heavy atom. The first kappa shape index (κ1) is 15.3. The second-order valence-corrected chi connectivity index (χ2v) is 7.00. The molecule has 0 spiro atoms. The zero-order valence-electron chi connectivity index (χ0n) is 13.4. The van der Waals surface area contributed by atoms with Crippen molar-refractivity contribution < 1.29 is 9.59 Å². The van der Waals surface area contributed by atoms with Crippen molar-refractivity contribution in [2.45, 2.75) is 77.9 Å². The van der Waals surface area contributed by atoms with Gasteiger partial charge in [0.1, 0.15) is 11.6 Å². The molecule has 4 nitrogen and oxygen atoms in total. The number of hydrogen-bond donors (Lipinski definition) is 1. The van der Waals surface area contributed by atoms with Crippen LogP contribution in [0.3, 0.4) is 0 Å². The number of carbonyl (C=O) groups excluding carboxylic acids is 2. The lowest BCUT2D eigenvalue weighted by atomic mass is 9.85. The highest BCUT2D eigenvalue weighted by atomic mass is 16.2. The van der Waals surface area contributed by atoms with E-state index in [9.17, 15) is 9.59 Å². The van der Waals surface area contributed by atoms with Crippen LogP contribution in [0.25, 0.3) is 0 Å². The topological polar surface area (TPSA) is 49.4 Å². The molecule has 1 saturated carbocycles. The molecule has 2 fully saturated rings. The van der Waals surface area contributed by atoms with Crippen LogP contribution < -0.4 is 5.32 Å². The molecule has 2 rings (SSSR count). The summed E-state index contributed by atoms with van der Waals surface area (Å²) in [4.78, 5) is 27.4. The Labute approximate surface area is 122 Å². The van der Waals surface area contributed by atoms with Gasteiger partial charge in [-0.05, 0) is 44.9 Å². The molecule has 2 amide bonds. The number of amides is 2. The van der Waals surface area contributed by atoms with Crippen molar-refractivity contribution in [3.8, 4) is 0 Å². The largest absolute Gasteiger partial charge is 0.340 e. The summed E-state index contributed by atoms with van der Waals surface area (Å²) in [5.74, 6) is 0.613. The van der Waals surface area contributed by atoms with Gasteiger partial charge in [0.2, 0.25) is 11.8 Å². The zero-order chi connectivity index (χ0) is 15.1. The average Bonchev–Trinajstić information content (AvgIpc) is 3.17. The SMILES string of the molecule is CCCC(C)N1C(=O)C(C)(C2CC2)NC(=O)C1C(C)C. The van der Waals surface area contributed by atoms with Crippen molar-refractivity contribution in [3.05, 3.63) is 0 Å². The first-order valence-electron chi connectivity index (χ1n) is 7.97. The molecule has 1 aliphatic carbocycles. The van der Waals surface area contributed by atoms with Gasteiger partial charge in [-0.2, -0.15) is 0 Å². The maximum absolute atomic E-state index is 13.0. The van der Waals surface area contributed by atoms with Gasteiger partial charge in [0.25, 0.3) is 0 Å². The van der Waals surface area contributed by atoms with E-state index in [1.165, 1.54) is 0 Å². The van der Waals surface area contributed by atoms with Gasteiger partial charge in [-0.3, -0.25) is 9.59 Å². The summed E-state index contributed by atoms with van der Waals surface area (Å²) < 4.78 is 0. The standard InChI is InChI=1S/C16H28N2O2/c1-6-7-11(4)18-13(10(2)3)14(19)17-16(5,15(18)20)12-8-9-12/h10-13H,6-9H2,1-5H3,(H,17,19). The van der Waals surface area contributed by atoms with E-state index in [0.717, 1.165) is 25.7 Å². The van der Waals surface area contributed by atoms with Crippen molar-refractivity contribution in [3.63, 3.8) is 0 Å². The molecule has 1 heterocycles. The molecule has 114 valence electrons. The smallest absolute Gasteiger partial charge is 0.249 e. The van der Waals surface area contributed by atoms with Gasteiger partial charge in [-0.1, -0.05) is 27.2 Å². The van der Waals surface area contributed by atoms with Crippen LogP contribution in [-0.4, -0.2) is 34.3 Å². The number of hydrogen-bond acceptors (Lipinski definition) is 2. The minimum absolute atomic E-state index is 0.0250. The second-order valence-electron chi connectivity index (χ2n) is 7.00. The van der Waals surface area contributed by atoms with Crippen molar-refractivity contribution in [2.75, 3.05) is 0 Å². The average molecular weight is 280 g/mol. The van der Waals surface area contributed by atoms with Crippen LogP contribution in [-0.2, 0) is 9.59 Å². The number of rotatable bonds is 5. The predicted octanol–water partition coefficient (Wildman–Crippen LogP) is 2.33. The highest BCUT2D eigenvalue weighted by Crippen LogP contribution is 2.43. The Balaban J connectivity index is 2.33. The monoisotopic (exact) mass is 280 g/mol. The lowest BCUT2D eigenvalue weighted by molar-refractivity contribution is -0.160. The summed E-state index contributed by atoms with van der Waals surface area (Å²) in [5, 5.41) is 3.03. The Morgan fingerprint density at radius 2 is 1.90 bits per heavy atom. The molecule has 1 aliphatic heterocycles. The summed E-state index contributed by atoms with van der Waals surface area (Å²) in [5.41, 5.74) is -0.676. The van der Waals surface area contributed by atoms with Crippen molar-refractivity contribution in [1.29, 1.82) is 0 Å². The van der Waals surface area contributed by atoms with E-state index in [1.54, 1.807) is 0 Å². The van der Waals surface area contributed by atoms with E-state index in [-0.39, 0.29) is 29.8 Å². The Kier molecular flexibility index (Phi) is 4.12. The maximum atomic E-state index is 13.0. The summed E-state index contributed by atoms with van der Waals surface area (Å²) in [6.07, 6.45) is 4.07. The van der Waals surface area contributed by atoms with E-state index >= 15 is 0 Å². The number of piperazine rings is 1. The third-order valence-corrected chi connectivity index (χ3v) is 4.84. The van der Waals surface area contributed by atoms with Gasteiger partial charge >= 0.3 is 0 Å². The second kappa shape index (κ2) is 5.38. The fraction of sp³-hybridized carbons (Fsp3) is 0.875. The van der Waals surface area contributed by atoms with Crippen molar-refractivity contribution in [2.24, 2.45) is 11.8 Å². The highest BCUT2D eigenvalue weighted by molar-refractivity contribution is 6.00. The molecule has 3 atom stereocenters. The highest BCUT2D eigenvalue weighted by Gasteiger charge is 2.56. The van der Waals surface area contributed by atoms with E-state index in [2.05, 4.69) is 19.2 Å². The Hall–Kier alpha value is -1.06. The van der Waals surface area contributed by atoms with Crippen molar-refractivity contribution in [1.82, 2.24) is 10.2 Å². The van der Waals surface area contributed by atoms with Crippen LogP contribution in [0.2, 0.25) is 0 Å². The van der Waals surface area contributed by atoms with Gasteiger partial charge in [0.05, 0.1) is 0 Å². The first-order chi connectivity index (χ1) is 9.32. The number of nitrogens with one attached hydrogen (secondary N) is 1. The van der Waals surface area contributed by atoms with Gasteiger partial charge in [-0.15, -0.1) is 0 Å². The van der Waals surface area contributed by atoms with Crippen LogP contribution in [0.4, 0.5) is 0 Å². The molecular formula is C16H28N2O2. The van der Waals surface area contributed by atoms with E-state index in [0.29, 0.717) is 5.92 Å². The lowest BCUT2D eigenvalue weighted by Crippen LogP contribution is -2.72. The molecule has 2 aliphatic rings. The molecule has 3 unspecified atom stereocenters. The summed E-state index contributed by atoms with van der Waals surface area (Å²) in [7, 11) is 0. The third kappa shape index (κ3) is 2.45. The minimum Gasteiger partial charge on any atom is -0.340 e. The van der Waals surface area contributed by atoms with Crippen LogP contribution in [0.5, 0.6) is 0 Å². The fourth-order valence-corrected chi connectivity index (χ4v) is 3.50. The summed E-state index contributed by atoms with van der Waals surface area (Å²) >= 11 is 0. The molecule has 4 heteroatoms. The molecule has 0 aromatic rings. The van der Waals surface area contributed by atoms with Crippen LogP contribution in [0.1, 0.15) is 60.3 Å². The molecule has 0 aromatic heterocycles. The van der Waals surface area contributed by atoms with E-state index < -0.39 is 5.54 Å². The summed E-state index contributed by atoms with van der Waals surface area (Å²) in [6.45, 7) is 10.1. The Morgan fingerprint density at radius 1 is 1.30 bits per heavy atom. The number of nitrogens with zero attached hydrogens (tertiary/aromatic N) is 1. The number of carbonyl (C=O) groups is 2. The van der Waals surface area contributed by atoms with E-state index in [4.69, 9.17) is 0 Å². The quantitative estimate of drug-likeness (QED) is 0.840. The van der Waals surface area contributed by atoms with E-state index in [1.807, 2.05) is 25.7 Å². The van der Waals surface area contributed by atoms with Crippen LogP contribution >= 0.6 is 0 Å². The van der Waals surface area contributed by atoms with Gasteiger partial charge in [-0.25, -0.2) is 0 Å². The van der Waals surface area contributed by atoms with Crippen molar-refractivity contribution >= 4 is 11.8 Å². The molecule has 1 N–H and O–H groups in total. The Bertz CT molecular complexity index is 403. The molecule has 0 bridgehead atoms. The molecule has 0 radical (unpaired) electrons. The van der Waals surface area contributed by atoms with Gasteiger partial charge in [0.15, 0.2) is 0 Å². The fourth-order valence-electron chi connectivity index (χ4n) is 3.50. The normalized spacial score (nSPS) is 32.5. The molecular weight excluding hydrogens is 252 g/mol. The lowest BCUT2D eigenvalue weighted by Gasteiger charge is -2.48. The van der Waals surface area contributed by atoms with Gasteiger partial charge in [0, 0.05) is 6.04 Å². The zero-order valence-corrected chi connectivity index (χ0v) is 13.4. The van der Waals surface area contributed by atoms with Crippen LogP contribution in [0.15, 0.2) is 0 Å².